The molecule has 2 aromatic rings. The second-order valence-corrected chi connectivity index (χ2v) is 7.89. The Balaban J connectivity index is 1.20. The first-order valence-corrected chi connectivity index (χ1v) is 10.3. The lowest BCUT2D eigenvalue weighted by atomic mass is 9.96. The molecule has 29 heavy (non-hydrogen) atoms. The average Bonchev–Trinajstić information content (AvgIpc) is 3.47. The van der Waals surface area contributed by atoms with Gasteiger partial charge in [0, 0.05) is 12.2 Å². The van der Waals surface area contributed by atoms with Crippen molar-refractivity contribution in [3.63, 3.8) is 0 Å². The minimum absolute atomic E-state index is 0.111. The van der Waals surface area contributed by atoms with Crippen LogP contribution in [0.15, 0.2) is 30.6 Å². The van der Waals surface area contributed by atoms with Crippen LogP contribution >= 0.6 is 0 Å². The number of ether oxygens (including phenoxy) is 3. The smallest absolute Gasteiger partial charge is 0.407 e. The Hall–Kier alpha value is -2.52. The topological polar surface area (TPSA) is 100 Å². The van der Waals surface area contributed by atoms with Crippen LogP contribution in [0.25, 0.3) is 11.4 Å². The molecule has 1 N–H and O–H groups in total. The van der Waals surface area contributed by atoms with Gasteiger partial charge >= 0.3 is 6.09 Å². The first kappa shape index (κ1) is 18.5. The Morgan fingerprint density at radius 1 is 1.10 bits per heavy atom. The van der Waals surface area contributed by atoms with E-state index in [1.54, 1.807) is 10.9 Å². The number of aromatic nitrogens is 4. The number of carbonyl (C=O) groups excluding carboxylic acids is 1. The van der Waals surface area contributed by atoms with Crippen LogP contribution in [-0.2, 0) is 14.2 Å². The van der Waals surface area contributed by atoms with Crippen LogP contribution in [0.4, 0.5) is 4.79 Å². The zero-order valence-corrected chi connectivity index (χ0v) is 16.1. The van der Waals surface area contributed by atoms with Crippen LogP contribution in [0, 0.1) is 0 Å². The van der Waals surface area contributed by atoms with E-state index < -0.39 is 6.10 Å². The number of carbonyl (C=O) groups is 1. The standard InChI is InChI=1S/C20H25N5O4/c26-20(22-13-6-2-1-3-7-13)29-17-12-28-18-16(11-27-19(17)18)25-10-15(23-24-25)14-8-4-5-9-21-14/h4-5,8-10,13,16-19H,1-3,6-7,11-12H2,(H,22,26)/t16-,17+,18+,19+/m0/s1. The summed E-state index contributed by atoms with van der Waals surface area (Å²) in [6.45, 7) is 0.760. The summed E-state index contributed by atoms with van der Waals surface area (Å²) in [6.07, 6.45) is 7.88. The van der Waals surface area contributed by atoms with E-state index in [-0.39, 0.29) is 30.4 Å². The summed E-state index contributed by atoms with van der Waals surface area (Å²) in [6, 6.07) is 5.77. The summed E-state index contributed by atoms with van der Waals surface area (Å²) >= 11 is 0. The SMILES string of the molecule is O=C(NC1CCCCC1)O[C@@H]1CO[C@H]2[C@@H]1OC[C@@H]2n1cc(-c2ccccn2)nn1. The number of pyridine rings is 1. The zero-order chi connectivity index (χ0) is 19.6. The highest BCUT2D eigenvalue weighted by Crippen LogP contribution is 2.35. The summed E-state index contributed by atoms with van der Waals surface area (Å²) in [4.78, 5) is 16.6. The lowest BCUT2D eigenvalue weighted by Gasteiger charge is -2.24. The van der Waals surface area contributed by atoms with Gasteiger partial charge < -0.3 is 19.5 Å². The maximum absolute atomic E-state index is 12.3. The van der Waals surface area contributed by atoms with Crippen molar-refractivity contribution in [3.05, 3.63) is 30.6 Å². The highest BCUT2D eigenvalue weighted by molar-refractivity contribution is 5.68. The molecule has 5 rings (SSSR count). The molecular formula is C20H25N5O4. The van der Waals surface area contributed by atoms with Gasteiger partial charge in [-0.3, -0.25) is 4.98 Å². The Labute approximate surface area is 168 Å². The van der Waals surface area contributed by atoms with Gasteiger partial charge in [-0.2, -0.15) is 0 Å². The lowest BCUT2D eigenvalue weighted by Crippen LogP contribution is -2.41. The second kappa shape index (κ2) is 8.08. The number of amides is 1. The average molecular weight is 399 g/mol. The molecule has 0 bridgehead atoms. The Kier molecular flexibility index (Phi) is 5.15. The van der Waals surface area contributed by atoms with Crippen LogP contribution in [0.2, 0.25) is 0 Å². The molecule has 4 atom stereocenters. The fraction of sp³-hybridized carbons (Fsp3) is 0.600. The molecule has 154 valence electrons. The largest absolute Gasteiger partial charge is 0.441 e. The van der Waals surface area contributed by atoms with Crippen molar-refractivity contribution in [3.8, 4) is 11.4 Å². The van der Waals surface area contributed by atoms with Crippen molar-refractivity contribution in [2.75, 3.05) is 13.2 Å². The van der Waals surface area contributed by atoms with Gasteiger partial charge in [-0.1, -0.05) is 30.5 Å². The lowest BCUT2D eigenvalue weighted by molar-refractivity contribution is 0.00170. The molecule has 0 radical (unpaired) electrons. The third-order valence-corrected chi connectivity index (χ3v) is 5.94. The van der Waals surface area contributed by atoms with Crippen LogP contribution < -0.4 is 5.32 Å². The number of alkyl carbamates (subject to hydrolysis) is 1. The number of rotatable bonds is 4. The summed E-state index contributed by atoms with van der Waals surface area (Å²) in [7, 11) is 0. The molecule has 0 spiro atoms. The van der Waals surface area contributed by atoms with Crippen LogP contribution in [0.5, 0.6) is 0 Å². The Bertz CT molecular complexity index is 838. The molecule has 2 aromatic heterocycles. The summed E-state index contributed by atoms with van der Waals surface area (Å²) in [5.41, 5.74) is 1.47. The third kappa shape index (κ3) is 3.84. The van der Waals surface area contributed by atoms with Crippen molar-refractivity contribution in [2.24, 2.45) is 0 Å². The molecule has 0 unspecified atom stereocenters. The summed E-state index contributed by atoms with van der Waals surface area (Å²) in [5.74, 6) is 0. The van der Waals surface area contributed by atoms with E-state index in [0.717, 1.165) is 31.4 Å². The maximum atomic E-state index is 12.3. The van der Waals surface area contributed by atoms with Gasteiger partial charge in [-0.15, -0.1) is 5.10 Å². The molecule has 3 aliphatic rings. The van der Waals surface area contributed by atoms with Crippen molar-refractivity contribution >= 4 is 6.09 Å². The number of fused-ring (bicyclic) bond motifs is 1. The summed E-state index contributed by atoms with van der Waals surface area (Å²) in [5, 5.41) is 11.4. The number of nitrogens with zero attached hydrogens (tertiary/aromatic N) is 4. The molecule has 9 nitrogen and oxygen atoms in total. The van der Waals surface area contributed by atoms with E-state index >= 15 is 0 Å². The third-order valence-electron chi connectivity index (χ3n) is 5.94. The molecule has 9 heteroatoms. The molecule has 3 fully saturated rings. The van der Waals surface area contributed by atoms with Crippen molar-refractivity contribution < 1.29 is 19.0 Å². The van der Waals surface area contributed by atoms with E-state index in [1.807, 2.05) is 24.4 Å². The van der Waals surface area contributed by atoms with E-state index in [0.29, 0.717) is 18.9 Å². The monoisotopic (exact) mass is 399 g/mol. The molecule has 4 heterocycles. The van der Waals surface area contributed by atoms with Gasteiger partial charge in [0.25, 0.3) is 0 Å². The van der Waals surface area contributed by atoms with Crippen LogP contribution in [-0.4, -0.2) is 63.6 Å². The first-order chi connectivity index (χ1) is 14.3. The van der Waals surface area contributed by atoms with Gasteiger partial charge in [-0.05, 0) is 25.0 Å². The van der Waals surface area contributed by atoms with Gasteiger partial charge in [0.2, 0.25) is 0 Å². The van der Waals surface area contributed by atoms with Gasteiger partial charge in [0.15, 0.2) is 6.10 Å². The molecular weight excluding hydrogens is 374 g/mol. The van der Waals surface area contributed by atoms with Gasteiger partial charge in [0.05, 0.1) is 25.1 Å². The quantitative estimate of drug-likeness (QED) is 0.840. The van der Waals surface area contributed by atoms with Crippen LogP contribution in [0.1, 0.15) is 38.1 Å². The highest BCUT2D eigenvalue weighted by atomic mass is 16.6. The first-order valence-electron chi connectivity index (χ1n) is 10.3. The molecule has 2 aliphatic heterocycles. The Morgan fingerprint density at radius 3 is 2.79 bits per heavy atom. The van der Waals surface area contributed by atoms with E-state index in [2.05, 4.69) is 20.6 Å². The van der Waals surface area contributed by atoms with E-state index in [4.69, 9.17) is 14.2 Å². The van der Waals surface area contributed by atoms with Crippen LogP contribution in [0.3, 0.4) is 0 Å². The fourth-order valence-corrected chi connectivity index (χ4v) is 4.43. The number of hydrogen-bond donors (Lipinski definition) is 1. The Morgan fingerprint density at radius 2 is 1.97 bits per heavy atom. The molecule has 1 saturated carbocycles. The minimum Gasteiger partial charge on any atom is -0.441 e. The van der Waals surface area contributed by atoms with E-state index in [1.165, 1.54) is 6.42 Å². The summed E-state index contributed by atoms with van der Waals surface area (Å²) < 4.78 is 19.3. The van der Waals surface area contributed by atoms with Crippen molar-refractivity contribution in [1.29, 1.82) is 0 Å². The number of nitrogens with one attached hydrogen (secondary N) is 1. The predicted octanol–water partition coefficient (Wildman–Crippen LogP) is 2.11. The van der Waals surface area contributed by atoms with Gasteiger partial charge in [-0.25, -0.2) is 9.48 Å². The molecule has 1 aliphatic carbocycles. The van der Waals surface area contributed by atoms with E-state index in [9.17, 15) is 4.79 Å². The zero-order valence-electron chi connectivity index (χ0n) is 16.1. The molecule has 1 amide bonds. The predicted molar refractivity (Wildman–Crippen MR) is 102 cm³/mol. The van der Waals surface area contributed by atoms with Gasteiger partial charge in [0.1, 0.15) is 23.9 Å². The number of hydrogen-bond acceptors (Lipinski definition) is 7. The van der Waals surface area contributed by atoms with Crippen molar-refractivity contribution in [2.45, 2.75) is 62.5 Å². The second-order valence-electron chi connectivity index (χ2n) is 7.89. The van der Waals surface area contributed by atoms with Crippen molar-refractivity contribution in [1.82, 2.24) is 25.3 Å². The normalized spacial score (nSPS) is 29.5. The molecule has 0 aromatic carbocycles. The maximum Gasteiger partial charge on any atom is 0.407 e. The highest BCUT2D eigenvalue weighted by Gasteiger charge is 2.50. The minimum atomic E-state index is -0.410. The fourth-order valence-electron chi connectivity index (χ4n) is 4.43. The molecule has 2 saturated heterocycles.